The second-order valence-electron chi connectivity index (χ2n) is 9.10. The quantitative estimate of drug-likeness (QED) is 0.606. The Kier molecular flexibility index (Phi) is 5.85. The molecule has 3 heterocycles. The number of aliphatic carboxylic acids is 1. The van der Waals surface area contributed by atoms with Crippen molar-refractivity contribution in [3.05, 3.63) is 47.7 Å². The van der Waals surface area contributed by atoms with Crippen molar-refractivity contribution in [2.45, 2.75) is 44.2 Å². The summed E-state index contributed by atoms with van der Waals surface area (Å²) in [6.07, 6.45) is 4.90. The van der Waals surface area contributed by atoms with E-state index in [0.29, 0.717) is 48.0 Å². The van der Waals surface area contributed by atoms with E-state index in [4.69, 9.17) is 9.47 Å². The number of ether oxygens (including phenoxy) is 2. The number of aromatic nitrogens is 1. The van der Waals surface area contributed by atoms with E-state index in [2.05, 4.69) is 4.98 Å². The van der Waals surface area contributed by atoms with E-state index in [1.54, 1.807) is 48.5 Å². The van der Waals surface area contributed by atoms with E-state index in [0.717, 1.165) is 12.3 Å². The van der Waals surface area contributed by atoms with Gasteiger partial charge in [0.05, 0.1) is 25.3 Å². The molecule has 5 rings (SSSR count). The first kappa shape index (κ1) is 22.2. The largest absolute Gasteiger partial charge is 0.481 e. The van der Waals surface area contributed by atoms with Gasteiger partial charge in [0, 0.05) is 37.3 Å². The summed E-state index contributed by atoms with van der Waals surface area (Å²) in [5.41, 5.74) is 1.71. The zero-order valence-electron chi connectivity index (χ0n) is 19.0. The summed E-state index contributed by atoms with van der Waals surface area (Å²) in [6, 6.07) is 8.17. The fourth-order valence-corrected chi connectivity index (χ4v) is 4.58. The van der Waals surface area contributed by atoms with Gasteiger partial charge in [0.25, 0.3) is 11.8 Å². The van der Waals surface area contributed by atoms with Gasteiger partial charge >= 0.3 is 5.97 Å². The summed E-state index contributed by atoms with van der Waals surface area (Å²) in [5, 5.41) is 9.17. The van der Waals surface area contributed by atoms with Gasteiger partial charge in [0.1, 0.15) is 5.75 Å². The molecule has 1 saturated carbocycles. The van der Waals surface area contributed by atoms with Crippen LogP contribution >= 0.6 is 0 Å². The monoisotopic (exact) mass is 465 g/mol. The van der Waals surface area contributed by atoms with Crippen molar-refractivity contribution >= 4 is 23.5 Å². The Morgan fingerprint density at radius 2 is 2.00 bits per heavy atom. The summed E-state index contributed by atoms with van der Waals surface area (Å²) in [7, 11) is 1.60. The minimum absolute atomic E-state index is 0.161. The number of hydrogen-bond acceptors (Lipinski definition) is 6. The van der Waals surface area contributed by atoms with Crippen molar-refractivity contribution in [3.8, 4) is 11.6 Å². The lowest BCUT2D eigenvalue weighted by atomic mass is 10.0. The van der Waals surface area contributed by atoms with Crippen molar-refractivity contribution in [2.75, 3.05) is 25.1 Å². The number of pyridine rings is 1. The number of amides is 2. The Balaban J connectivity index is 1.23. The third kappa shape index (κ3) is 4.42. The predicted molar refractivity (Wildman–Crippen MR) is 122 cm³/mol. The van der Waals surface area contributed by atoms with Gasteiger partial charge in [0.15, 0.2) is 6.10 Å². The summed E-state index contributed by atoms with van der Waals surface area (Å²) in [4.78, 5) is 44.2. The van der Waals surface area contributed by atoms with Gasteiger partial charge in [-0.15, -0.1) is 0 Å². The Labute approximate surface area is 197 Å². The third-order valence-electron chi connectivity index (χ3n) is 6.71. The number of carboxylic acids is 1. The molecule has 1 aromatic heterocycles. The molecule has 1 N–H and O–H groups in total. The predicted octanol–water partition coefficient (Wildman–Crippen LogP) is 3.05. The molecule has 34 heavy (non-hydrogen) atoms. The second-order valence-corrected chi connectivity index (χ2v) is 9.10. The van der Waals surface area contributed by atoms with Crippen LogP contribution < -0.4 is 14.4 Å². The van der Waals surface area contributed by atoms with Crippen molar-refractivity contribution in [2.24, 2.45) is 5.92 Å². The molecule has 1 aliphatic carbocycles. The fraction of sp³-hybridized carbons (Fsp3) is 0.440. The van der Waals surface area contributed by atoms with Crippen LogP contribution in [0.4, 0.5) is 5.69 Å². The first-order chi connectivity index (χ1) is 16.4. The first-order valence-electron chi connectivity index (χ1n) is 11.6. The Bertz CT molecular complexity index is 1110. The van der Waals surface area contributed by atoms with Crippen LogP contribution in [0.15, 0.2) is 36.5 Å². The van der Waals surface area contributed by atoms with E-state index >= 15 is 0 Å². The molecule has 1 saturated heterocycles. The van der Waals surface area contributed by atoms with Crippen LogP contribution in [0.1, 0.15) is 54.1 Å². The maximum atomic E-state index is 13.0. The second kappa shape index (κ2) is 8.96. The van der Waals surface area contributed by atoms with Crippen LogP contribution in [-0.2, 0) is 9.59 Å². The molecule has 2 atom stereocenters. The molecule has 0 radical (unpaired) electrons. The molecule has 0 spiro atoms. The number of hydrogen-bond donors (Lipinski definition) is 1. The number of anilines is 1. The lowest BCUT2D eigenvalue weighted by Gasteiger charge is -2.19. The van der Waals surface area contributed by atoms with Crippen molar-refractivity contribution in [1.29, 1.82) is 0 Å². The highest BCUT2D eigenvalue weighted by Gasteiger charge is 2.38. The molecule has 9 nitrogen and oxygen atoms in total. The molecule has 9 heteroatoms. The van der Waals surface area contributed by atoms with E-state index in [1.165, 1.54) is 17.7 Å². The average Bonchev–Trinajstić information content (AvgIpc) is 3.54. The SMILES string of the molecule is CN1C(=O)c2cc(N3CCC(Oc4ccc(OCCC5CC5)nc4)C3=O)ccc2C1CC(=O)O. The highest BCUT2D eigenvalue weighted by molar-refractivity contribution is 6.03. The molecule has 2 amide bonds. The molecular weight excluding hydrogens is 438 g/mol. The highest BCUT2D eigenvalue weighted by atomic mass is 16.5. The smallest absolute Gasteiger partial charge is 0.305 e. The van der Waals surface area contributed by atoms with E-state index in [1.807, 2.05) is 0 Å². The summed E-state index contributed by atoms with van der Waals surface area (Å²) in [6.45, 7) is 1.12. The number of fused-ring (bicyclic) bond motifs is 1. The van der Waals surface area contributed by atoms with Gasteiger partial charge < -0.3 is 24.4 Å². The molecule has 2 fully saturated rings. The van der Waals surface area contributed by atoms with Crippen LogP contribution in [0.5, 0.6) is 11.6 Å². The van der Waals surface area contributed by atoms with Crippen LogP contribution in [0, 0.1) is 5.92 Å². The highest BCUT2D eigenvalue weighted by Crippen LogP contribution is 2.37. The normalized spacial score (nSPS) is 21.7. The first-order valence-corrected chi connectivity index (χ1v) is 11.6. The topological polar surface area (TPSA) is 109 Å². The van der Waals surface area contributed by atoms with Gasteiger partial charge in [-0.3, -0.25) is 14.4 Å². The average molecular weight is 466 g/mol. The fourth-order valence-electron chi connectivity index (χ4n) is 4.58. The lowest BCUT2D eigenvalue weighted by molar-refractivity contribution is -0.138. The van der Waals surface area contributed by atoms with Gasteiger partial charge in [-0.1, -0.05) is 18.9 Å². The van der Waals surface area contributed by atoms with E-state index in [9.17, 15) is 19.5 Å². The molecule has 178 valence electrons. The number of nitrogens with zero attached hydrogens (tertiary/aromatic N) is 3. The van der Waals surface area contributed by atoms with Crippen LogP contribution in [0.3, 0.4) is 0 Å². The number of carbonyl (C=O) groups is 3. The van der Waals surface area contributed by atoms with Crippen molar-refractivity contribution in [1.82, 2.24) is 9.88 Å². The molecule has 3 aliphatic rings. The van der Waals surface area contributed by atoms with Crippen LogP contribution in [0.25, 0.3) is 0 Å². The Hall–Kier alpha value is -3.62. The van der Waals surface area contributed by atoms with E-state index < -0.39 is 18.1 Å². The lowest BCUT2D eigenvalue weighted by Crippen LogP contribution is -2.32. The summed E-state index contributed by atoms with van der Waals surface area (Å²) in [5.74, 6) is 0.440. The zero-order valence-corrected chi connectivity index (χ0v) is 19.0. The Morgan fingerprint density at radius 1 is 1.18 bits per heavy atom. The van der Waals surface area contributed by atoms with Crippen LogP contribution in [0.2, 0.25) is 0 Å². The molecule has 2 aromatic rings. The van der Waals surface area contributed by atoms with Gasteiger partial charge in [-0.05, 0) is 36.1 Å². The molecule has 2 aliphatic heterocycles. The number of carboxylic acid groups (broad SMARTS) is 1. The molecular formula is C25H27N3O6. The molecule has 0 bridgehead atoms. The summed E-state index contributed by atoms with van der Waals surface area (Å²) < 4.78 is 11.5. The minimum Gasteiger partial charge on any atom is -0.481 e. The van der Waals surface area contributed by atoms with Crippen molar-refractivity contribution in [3.63, 3.8) is 0 Å². The number of carbonyl (C=O) groups excluding carboxylic acids is 2. The number of benzene rings is 1. The standard InChI is InChI=1S/C25H27N3O6/c1-27-20(13-23(29)30)18-6-4-16(12-19(18)24(27)31)28-10-8-21(25(28)32)34-17-5-7-22(26-14-17)33-11-9-15-2-3-15/h4-7,12,14-15,20-21H,2-3,8-11,13H2,1H3,(H,29,30). The van der Waals surface area contributed by atoms with Crippen LogP contribution in [-0.4, -0.2) is 59.1 Å². The number of rotatable bonds is 9. The minimum atomic E-state index is -0.969. The third-order valence-corrected chi connectivity index (χ3v) is 6.71. The van der Waals surface area contributed by atoms with Gasteiger partial charge in [-0.25, -0.2) is 4.98 Å². The summed E-state index contributed by atoms with van der Waals surface area (Å²) >= 11 is 0. The molecule has 1 aromatic carbocycles. The van der Waals surface area contributed by atoms with Gasteiger partial charge in [-0.2, -0.15) is 0 Å². The van der Waals surface area contributed by atoms with E-state index in [-0.39, 0.29) is 18.2 Å². The zero-order chi connectivity index (χ0) is 23.8. The van der Waals surface area contributed by atoms with Gasteiger partial charge in [0.2, 0.25) is 5.88 Å². The Morgan fingerprint density at radius 3 is 2.71 bits per heavy atom. The van der Waals surface area contributed by atoms with Crippen molar-refractivity contribution < 1.29 is 29.0 Å². The maximum Gasteiger partial charge on any atom is 0.305 e. The molecule has 2 unspecified atom stereocenters. The maximum absolute atomic E-state index is 13.0.